The molecule has 0 aromatic carbocycles. The average molecular weight is 186 g/mol. The van der Waals surface area contributed by atoms with Crippen molar-refractivity contribution in [3.8, 4) is 0 Å². The van der Waals surface area contributed by atoms with Crippen LogP contribution in [-0.4, -0.2) is 29.8 Å². The Morgan fingerprint density at radius 3 is 2.75 bits per heavy atom. The molecule has 0 saturated carbocycles. The van der Waals surface area contributed by atoms with Gasteiger partial charge in [0.25, 0.3) is 0 Å². The van der Waals surface area contributed by atoms with Gasteiger partial charge in [-0.25, -0.2) is 0 Å². The summed E-state index contributed by atoms with van der Waals surface area (Å²) in [4.78, 5) is 0. The van der Waals surface area contributed by atoms with Gasteiger partial charge in [-0.3, -0.25) is 0 Å². The van der Waals surface area contributed by atoms with Crippen molar-refractivity contribution in [2.24, 2.45) is 0 Å². The van der Waals surface area contributed by atoms with Crippen molar-refractivity contribution in [2.75, 3.05) is 25.0 Å². The van der Waals surface area contributed by atoms with Crippen molar-refractivity contribution in [3.05, 3.63) is 5.01 Å². The highest BCUT2D eigenvalue weighted by Crippen LogP contribution is 2.12. The van der Waals surface area contributed by atoms with E-state index in [1.807, 2.05) is 6.92 Å². The fourth-order valence-corrected chi connectivity index (χ4v) is 1.42. The van der Waals surface area contributed by atoms with Crippen LogP contribution in [0.5, 0.6) is 0 Å². The van der Waals surface area contributed by atoms with E-state index in [1.54, 1.807) is 11.3 Å². The number of anilines is 1. The highest BCUT2D eigenvalue weighted by Gasteiger charge is 1.96. The molecule has 0 atom stereocenters. The minimum absolute atomic E-state index is 0.905. The van der Waals surface area contributed by atoms with Gasteiger partial charge in [0.1, 0.15) is 5.01 Å². The van der Waals surface area contributed by atoms with Crippen LogP contribution < -0.4 is 10.6 Å². The summed E-state index contributed by atoms with van der Waals surface area (Å²) in [5.74, 6) is 0. The van der Waals surface area contributed by atoms with E-state index in [0.717, 1.165) is 29.8 Å². The summed E-state index contributed by atoms with van der Waals surface area (Å²) in [7, 11) is 0. The molecule has 68 valence electrons. The zero-order valence-electron chi connectivity index (χ0n) is 7.42. The Morgan fingerprint density at radius 1 is 1.33 bits per heavy atom. The van der Waals surface area contributed by atoms with Gasteiger partial charge in [0.15, 0.2) is 0 Å². The van der Waals surface area contributed by atoms with E-state index in [-0.39, 0.29) is 0 Å². The number of rotatable bonds is 5. The smallest absolute Gasteiger partial charge is 0.205 e. The maximum absolute atomic E-state index is 3.94. The van der Waals surface area contributed by atoms with Gasteiger partial charge < -0.3 is 10.6 Å². The fourth-order valence-electron chi connectivity index (χ4n) is 0.803. The molecular formula is C7H14N4S. The molecule has 0 aliphatic heterocycles. The van der Waals surface area contributed by atoms with E-state index in [4.69, 9.17) is 0 Å². The van der Waals surface area contributed by atoms with Gasteiger partial charge in [0, 0.05) is 13.1 Å². The zero-order chi connectivity index (χ0) is 8.81. The van der Waals surface area contributed by atoms with Crippen molar-refractivity contribution in [3.63, 3.8) is 0 Å². The van der Waals surface area contributed by atoms with E-state index >= 15 is 0 Å². The molecule has 0 aliphatic rings. The topological polar surface area (TPSA) is 49.8 Å². The third kappa shape index (κ3) is 3.15. The quantitative estimate of drug-likeness (QED) is 0.670. The van der Waals surface area contributed by atoms with Gasteiger partial charge in [-0.2, -0.15) is 0 Å². The summed E-state index contributed by atoms with van der Waals surface area (Å²) < 4.78 is 0. The summed E-state index contributed by atoms with van der Waals surface area (Å²) in [5, 5.41) is 16.2. The lowest BCUT2D eigenvalue weighted by molar-refractivity contribution is 0.738. The number of nitrogens with one attached hydrogen (secondary N) is 2. The van der Waals surface area contributed by atoms with Crippen LogP contribution in [0.1, 0.15) is 11.9 Å². The zero-order valence-corrected chi connectivity index (χ0v) is 8.24. The summed E-state index contributed by atoms with van der Waals surface area (Å²) >= 11 is 1.58. The molecule has 0 spiro atoms. The average Bonchev–Trinajstić information content (AvgIpc) is 2.45. The van der Waals surface area contributed by atoms with Crippen molar-refractivity contribution >= 4 is 16.5 Å². The highest BCUT2D eigenvalue weighted by atomic mass is 32.1. The lowest BCUT2D eigenvalue weighted by atomic mass is 10.6. The maximum atomic E-state index is 3.94. The summed E-state index contributed by atoms with van der Waals surface area (Å²) in [6.07, 6.45) is 0. The molecule has 0 aliphatic carbocycles. The van der Waals surface area contributed by atoms with Gasteiger partial charge in [0.2, 0.25) is 5.13 Å². The maximum Gasteiger partial charge on any atom is 0.205 e. The Balaban J connectivity index is 2.15. The van der Waals surface area contributed by atoms with Crippen LogP contribution >= 0.6 is 11.3 Å². The molecule has 4 nitrogen and oxygen atoms in total. The second kappa shape index (κ2) is 5.05. The molecule has 12 heavy (non-hydrogen) atoms. The lowest BCUT2D eigenvalue weighted by Crippen LogP contribution is -2.21. The summed E-state index contributed by atoms with van der Waals surface area (Å²) in [6, 6.07) is 0. The first-order valence-electron chi connectivity index (χ1n) is 4.07. The Bertz CT molecular complexity index is 223. The van der Waals surface area contributed by atoms with E-state index in [2.05, 4.69) is 27.8 Å². The van der Waals surface area contributed by atoms with Crippen LogP contribution in [0.25, 0.3) is 0 Å². The predicted octanol–water partition coefficient (Wildman–Crippen LogP) is 0.868. The molecule has 1 aromatic rings. The minimum atomic E-state index is 0.905. The van der Waals surface area contributed by atoms with Crippen molar-refractivity contribution in [2.45, 2.75) is 13.8 Å². The molecule has 0 unspecified atom stereocenters. The molecule has 1 rings (SSSR count). The second-order valence-corrected chi connectivity index (χ2v) is 3.59. The van der Waals surface area contributed by atoms with Crippen LogP contribution in [-0.2, 0) is 0 Å². The van der Waals surface area contributed by atoms with Gasteiger partial charge in [0.05, 0.1) is 0 Å². The van der Waals surface area contributed by atoms with Crippen LogP contribution in [0.4, 0.5) is 5.13 Å². The molecule has 1 aromatic heterocycles. The highest BCUT2D eigenvalue weighted by molar-refractivity contribution is 7.15. The van der Waals surface area contributed by atoms with Crippen molar-refractivity contribution in [1.82, 2.24) is 15.5 Å². The first-order chi connectivity index (χ1) is 5.83. The number of aromatic nitrogens is 2. The molecule has 0 radical (unpaired) electrons. The monoisotopic (exact) mass is 186 g/mol. The Kier molecular flexibility index (Phi) is 3.96. The third-order valence-electron chi connectivity index (χ3n) is 1.35. The molecule has 0 fully saturated rings. The van der Waals surface area contributed by atoms with E-state index in [0.29, 0.717) is 0 Å². The first-order valence-corrected chi connectivity index (χ1v) is 4.89. The number of likely N-dealkylation sites (N-methyl/N-ethyl adjacent to an activating group) is 1. The number of hydrogen-bond acceptors (Lipinski definition) is 5. The number of hydrogen-bond donors (Lipinski definition) is 2. The van der Waals surface area contributed by atoms with Gasteiger partial charge in [-0.05, 0) is 13.5 Å². The summed E-state index contributed by atoms with van der Waals surface area (Å²) in [6.45, 7) is 6.93. The standard InChI is InChI=1S/C7H14N4S/c1-3-8-4-5-9-7-11-10-6(2)12-7/h8H,3-5H2,1-2H3,(H,9,11). The molecule has 5 heteroatoms. The minimum Gasteiger partial charge on any atom is -0.359 e. The van der Waals surface area contributed by atoms with Crippen LogP contribution in [0.15, 0.2) is 0 Å². The molecule has 1 heterocycles. The second-order valence-electron chi connectivity index (χ2n) is 2.41. The normalized spacial score (nSPS) is 10.2. The SMILES string of the molecule is CCNCCNc1nnc(C)s1. The Hall–Kier alpha value is -0.680. The van der Waals surface area contributed by atoms with Crippen molar-refractivity contribution in [1.29, 1.82) is 0 Å². The van der Waals surface area contributed by atoms with Gasteiger partial charge in [-0.15, -0.1) is 10.2 Å². The number of aryl methyl sites for hydroxylation is 1. The Labute approximate surface area is 76.4 Å². The molecule has 0 bridgehead atoms. The van der Waals surface area contributed by atoms with E-state index < -0.39 is 0 Å². The molecular weight excluding hydrogens is 172 g/mol. The predicted molar refractivity (Wildman–Crippen MR) is 51.7 cm³/mol. The Morgan fingerprint density at radius 2 is 2.17 bits per heavy atom. The lowest BCUT2D eigenvalue weighted by Gasteiger charge is -2.01. The largest absolute Gasteiger partial charge is 0.359 e. The van der Waals surface area contributed by atoms with Crippen LogP contribution in [0.3, 0.4) is 0 Å². The molecule has 0 amide bonds. The van der Waals surface area contributed by atoms with Crippen LogP contribution in [0, 0.1) is 6.92 Å². The molecule has 0 saturated heterocycles. The third-order valence-corrected chi connectivity index (χ3v) is 2.15. The van der Waals surface area contributed by atoms with E-state index in [9.17, 15) is 0 Å². The van der Waals surface area contributed by atoms with Gasteiger partial charge in [-0.1, -0.05) is 18.3 Å². The first kappa shape index (κ1) is 9.41. The fraction of sp³-hybridized carbons (Fsp3) is 0.714. The van der Waals surface area contributed by atoms with Crippen molar-refractivity contribution < 1.29 is 0 Å². The number of nitrogens with zero attached hydrogens (tertiary/aromatic N) is 2. The van der Waals surface area contributed by atoms with Crippen LogP contribution in [0.2, 0.25) is 0 Å². The van der Waals surface area contributed by atoms with E-state index in [1.165, 1.54) is 0 Å². The summed E-state index contributed by atoms with van der Waals surface area (Å²) in [5.41, 5.74) is 0. The molecule has 2 N–H and O–H groups in total. The van der Waals surface area contributed by atoms with Gasteiger partial charge >= 0.3 is 0 Å².